The van der Waals surface area contributed by atoms with Gasteiger partial charge in [-0.15, -0.1) is 0 Å². The molecule has 0 fully saturated rings. The Morgan fingerprint density at radius 3 is 2.50 bits per heavy atom. The van der Waals surface area contributed by atoms with E-state index in [1.54, 1.807) is 20.8 Å². The Morgan fingerprint density at radius 2 is 1.91 bits per heavy atom. The number of rotatable bonds is 10. The van der Waals surface area contributed by atoms with E-state index in [1.807, 2.05) is 0 Å². The number of fused-ring (bicyclic) bond motifs is 1. The van der Waals surface area contributed by atoms with Crippen molar-refractivity contribution < 1.29 is 24.2 Å². The third kappa shape index (κ3) is 6.24. The van der Waals surface area contributed by atoms with Gasteiger partial charge in [-0.05, 0) is 36.5 Å². The second-order valence-electron chi connectivity index (χ2n) is 8.69. The van der Waals surface area contributed by atoms with E-state index in [4.69, 9.17) is 5.26 Å². The first kappa shape index (κ1) is 25.2. The SMILES string of the molecule is CC(C)(C)[C@H](NC(=O)c1nn(CCCCC#N)c2cc(F)ccc12)C(=O)NC(CO)CO. The van der Waals surface area contributed by atoms with Gasteiger partial charge in [-0.25, -0.2) is 4.39 Å². The molecule has 0 aliphatic heterocycles. The van der Waals surface area contributed by atoms with Crippen molar-refractivity contribution in [1.29, 1.82) is 5.26 Å². The normalized spacial score (nSPS) is 12.6. The number of amides is 2. The Bertz CT molecular complexity index is 989. The van der Waals surface area contributed by atoms with Gasteiger partial charge in [0.25, 0.3) is 5.91 Å². The van der Waals surface area contributed by atoms with Crippen molar-refractivity contribution in [3.63, 3.8) is 0 Å². The lowest BCUT2D eigenvalue weighted by Crippen LogP contribution is -2.56. The highest BCUT2D eigenvalue weighted by Crippen LogP contribution is 2.23. The molecule has 1 aromatic carbocycles. The average Bonchev–Trinajstić information content (AvgIpc) is 3.10. The summed E-state index contributed by atoms with van der Waals surface area (Å²) in [5.41, 5.74) is -0.176. The molecule has 2 aromatic rings. The van der Waals surface area contributed by atoms with Crippen LogP contribution in [-0.4, -0.2) is 57.1 Å². The lowest BCUT2D eigenvalue weighted by atomic mass is 9.85. The number of carbonyl (C=O) groups excluding carboxylic acids is 2. The molecule has 2 amide bonds. The molecule has 0 spiro atoms. The predicted molar refractivity (Wildman–Crippen MR) is 116 cm³/mol. The number of aryl methyl sites for hydroxylation is 1. The number of nitrogens with one attached hydrogen (secondary N) is 2. The fourth-order valence-electron chi connectivity index (χ4n) is 3.26. The van der Waals surface area contributed by atoms with Crippen LogP contribution < -0.4 is 10.6 Å². The van der Waals surface area contributed by atoms with Crippen molar-refractivity contribution >= 4 is 22.7 Å². The number of halogens is 1. The van der Waals surface area contributed by atoms with Gasteiger partial charge in [0.05, 0.1) is 30.8 Å². The summed E-state index contributed by atoms with van der Waals surface area (Å²) in [6, 6.07) is 4.25. The van der Waals surface area contributed by atoms with Crippen LogP contribution in [-0.2, 0) is 11.3 Å². The number of carbonyl (C=O) groups is 2. The van der Waals surface area contributed by atoms with Crippen LogP contribution in [0.25, 0.3) is 10.9 Å². The molecule has 9 nitrogen and oxygen atoms in total. The van der Waals surface area contributed by atoms with Gasteiger partial charge in [-0.2, -0.15) is 10.4 Å². The van der Waals surface area contributed by atoms with Gasteiger partial charge in [0, 0.05) is 18.4 Å². The fraction of sp³-hybridized carbons (Fsp3) is 0.545. The third-order valence-electron chi connectivity index (χ3n) is 5.03. The van der Waals surface area contributed by atoms with Gasteiger partial charge >= 0.3 is 0 Å². The van der Waals surface area contributed by atoms with E-state index in [1.165, 1.54) is 22.9 Å². The van der Waals surface area contributed by atoms with Gasteiger partial charge in [0.1, 0.15) is 11.9 Å². The predicted octanol–water partition coefficient (Wildman–Crippen LogP) is 1.48. The quantitative estimate of drug-likeness (QED) is 0.407. The highest BCUT2D eigenvalue weighted by molar-refractivity contribution is 6.06. The second-order valence-corrected chi connectivity index (χ2v) is 8.69. The molecule has 0 saturated heterocycles. The minimum absolute atomic E-state index is 0.0585. The standard InChI is InChI=1S/C22H30FN5O4/c1-22(2,3)19(21(32)25-15(12-29)13-30)26-20(31)18-16-8-7-14(23)11-17(16)28(27-18)10-6-4-5-9-24/h7-8,11,15,19,29-30H,4-6,10,12-13H2,1-3H3,(H,25,32)(H,26,31)/t19-/m1/s1. The van der Waals surface area contributed by atoms with Crippen LogP contribution in [0.2, 0.25) is 0 Å². The van der Waals surface area contributed by atoms with Crippen LogP contribution in [0.4, 0.5) is 4.39 Å². The number of nitrogens with zero attached hydrogens (tertiary/aromatic N) is 3. The smallest absolute Gasteiger partial charge is 0.273 e. The summed E-state index contributed by atoms with van der Waals surface area (Å²) in [5.74, 6) is -1.61. The minimum atomic E-state index is -0.980. The number of benzene rings is 1. The molecule has 4 N–H and O–H groups in total. The van der Waals surface area contributed by atoms with Crippen molar-refractivity contribution in [2.24, 2.45) is 5.41 Å². The first-order valence-corrected chi connectivity index (χ1v) is 10.5. The number of aromatic nitrogens is 2. The number of aliphatic hydroxyl groups excluding tert-OH is 2. The summed E-state index contributed by atoms with van der Waals surface area (Å²) in [5, 5.41) is 37.2. The zero-order valence-electron chi connectivity index (χ0n) is 18.6. The van der Waals surface area contributed by atoms with Crippen LogP contribution in [0.5, 0.6) is 0 Å². The Balaban J connectivity index is 2.32. The summed E-state index contributed by atoms with van der Waals surface area (Å²) in [4.78, 5) is 25.9. The highest BCUT2D eigenvalue weighted by Gasteiger charge is 2.35. The molecular formula is C22H30FN5O4. The molecule has 0 aliphatic carbocycles. The molecule has 1 heterocycles. The summed E-state index contributed by atoms with van der Waals surface area (Å²) in [6.07, 6.45) is 1.68. The third-order valence-corrected chi connectivity index (χ3v) is 5.03. The first-order chi connectivity index (χ1) is 15.1. The Labute approximate surface area is 186 Å². The van der Waals surface area contributed by atoms with Gasteiger partial charge in [0.2, 0.25) is 5.91 Å². The maximum atomic E-state index is 13.9. The van der Waals surface area contributed by atoms with E-state index in [0.717, 1.165) is 0 Å². The van der Waals surface area contributed by atoms with Gasteiger partial charge in [-0.1, -0.05) is 20.8 Å². The van der Waals surface area contributed by atoms with E-state index in [-0.39, 0.29) is 5.69 Å². The minimum Gasteiger partial charge on any atom is -0.394 e. The summed E-state index contributed by atoms with van der Waals surface area (Å²) >= 11 is 0. The molecule has 10 heteroatoms. The lowest BCUT2D eigenvalue weighted by molar-refractivity contribution is -0.126. The van der Waals surface area contributed by atoms with E-state index in [9.17, 15) is 24.2 Å². The van der Waals surface area contributed by atoms with Crippen LogP contribution in [0, 0.1) is 22.6 Å². The molecule has 0 bridgehead atoms. The van der Waals surface area contributed by atoms with Gasteiger partial charge in [-0.3, -0.25) is 14.3 Å². The number of unbranched alkanes of at least 4 members (excludes halogenated alkanes) is 2. The number of hydrogen-bond donors (Lipinski definition) is 4. The zero-order valence-corrected chi connectivity index (χ0v) is 18.6. The van der Waals surface area contributed by atoms with Crippen molar-refractivity contribution in [1.82, 2.24) is 20.4 Å². The van der Waals surface area contributed by atoms with Gasteiger partial charge in [0.15, 0.2) is 5.69 Å². The second kappa shape index (κ2) is 11.0. The Morgan fingerprint density at radius 1 is 1.22 bits per heavy atom. The highest BCUT2D eigenvalue weighted by atomic mass is 19.1. The first-order valence-electron chi connectivity index (χ1n) is 10.5. The van der Waals surface area contributed by atoms with Crippen LogP contribution >= 0.6 is 0 Å². The van der Waals surface area contributed by atoms with Gasteiger partial charge < -0.3 is 20.8 Å². The Hall–Kier alpha value is -3.03. The van der Waals surface area contributed by atoms with E-state index >= 15 is 0 Å². The topological polar surface area (TPSA) is 140 Å². The fourth-order valence-corrected chi connectivity index (χ4v) is 3.26. The molecule has 32 heavy (non-hydrogen) atoms. The monoisotopic (exact) mass is 447 g/mol. The summed E-state index contributed by atoms with van der Waals surface area (Å²) in [6.45, 7) is 4.83. The van der Waals surface area contributed by atoms with E-state index in [0.29, 0.717) is 36.7 Å². The van der Waals surface area contributed by atoms with Crippen LogP contribution in [0.15, 0.2) is 18.2 Å². The molecule has 0 unspecified atom stereocenters. The molecule has 1 atom stereocenters. The largest absolute Gasteiger partial charge is 0.394 e. The number of nitriles is 1. The Kier molecular flexibility index (Phi) is 8.69. The number of aliphatic hydroxyl groups is 2. The van der Waals surface area contributed by atoms with Crippen molar-refractivity contribution in [2.45, 2.75) is 58.7 Å². The summed E-state index contributed by atoms with van der Waals surface area (Å²) < 4.78 is 15.4. The molecule has 0 saturated carbocycles. The summed E-state index contributed by atoms with van der Waals surface area (Å²) in [7, 11) is 0. The van der Waals surface area contributed by atoms with Crippen molar-refractivity contribution in [3.05, 3.63) is 29.7 Å². The average molecular weight is 448 g/mol. The van der Waals surface area contributed by atoms with E-state index in [2.05, 4.69) is 21.8 Å². The molecule has 2 rings (SSSR count). The van der Waals surface area contributed by atoms with Crippen molar-refractivity contribution in [2.75, 3.05) is 13.2 Å². The van der Waals surface area contributed by atoms with E-state index < -0.39 is 48.3 Å². The molecular weight excluding hydrogens is 417 g/mol. The molecule has 174 valence electrons. The number of hydrogen-bond acceptors (Lipinski definition) is 6. The lowest BCUT2D eigenvalue weighted by Gasteiger charge is -2.31. The maximum Gasteiger partial charge on any atom is 0.273 e. The van der Waals surface area contributed by atoms with Crippen LogP contribution in [0.3, 0.4) is 0 Å². The zero-order chi connectivity index (χ0) is 23.9. The van der Waals surface area contributed by atoms with Crippen molar-refractivity contribution in [3.8, 4) is 6.07 Å². The maximum absolute atomic E-state index is 13.9. The molecule has 0 aliphatic rings. The molecule has 0 radical (unpaired) electrons. The van der Waals surface area contributed by atoms with Crippen LogP contribution in [0.1, 0.15) is 50.5 Å². The molecule has 1 aromatic heterocycles.